The summed E-state index contributed by atoms with van der Waals surface area (Å²) >= 11 is 0. The molecule has 0 aliphatic carbocycles. The second kappa shape index (κ2) is 7.90. The quantitative estimate of drug-likeness (QED) is 0.754. The average molecular weight is 375 g/mol. The maximum absolute atomic E-state index is 13.0. The molecule has 3 rings (SSSR count). The molecule has 142 valence electrons. The van der Waals surface area contributed by atoms with Crippen LogP contribution in [0, 0.1) is 0 Å². The molecule has 3 heterocycles. The number of ether oxygens (including phenoxy) is 1. The first kappa shape index (κ1) is 18.4. The van der Waals surface area contributed by atoms with Gasteiger partial charge in [0.1, 0.15) is 17.1 Å². The van der Waals surface area contributed by atoms with Crippen LogP contribution >= 0.6 is 0 Å². The van der Waals surface area contributed by atoms with Crippen molar-refractivity contribution in [2.75, 3.05) is 13.2 Å². The standard InChI is InChI=1S/C16H17F4N3O3/c17-14(18)11-6-12(15(19)20)23(22-11)8-10-3-4-13(26-10)16(24)21-7-9-2-1-5-25-9/h3-4,6,9,14-15H,1-2,5,7-8H2,(H,21,24). The molecular formula is C16H17F4N3O3. The van der Waals surface area contributed by atoms with E-state index in [1.165, 1.54) is 12.1 Å². The summed E-state index contributed by atoms with van der Waals surface area (Å²) < 4.78 is 62.8. The van der Waals surface area contributed by atoms with Crippen molar-refractivity contribution >= 4 is 5.91 Å². The molecule has 1 fully saturated rings. The van der Waals surface area contributed by atoms with Gasteiger partial charge in [-0.15, -0.1) is 0 Å². The van der Waals surface area contributed by atoms with Crippen molar-refractivity contribution < 1.29 is 31.5 Å². The Labute approximate surface area is 146 Å². The third-order valence-corrected chi connectivity index (χ3v) is 3.98. The van der Waals surface area contributed by atoms with Gasteiger partial charge in [0.05, 0.1) is 12.6 Å². The minimum absolute atomic E-state index is 0.00201. The Hall–Kier alpha value is -2.36. The summed E-state index contributed by atoms with van der Waals surface area (Å²) in [4.78, 5) is 12.0. The fourth-order valence-corrected chi connectivity index (χ4v) is 2.69. The molecular weight excluding hydrogens is 358 g/mol. The Morgan fingerprint density at radius 2 is 2.12 bits per heavy atom. The highest BCUT2D eigenvalue weighted by molar-refractivity contribution is 5.91. The number of hydrogen-bond donors (Lipinski definition) is 1. The number of nitrogens with zero attached hydrogens (tertiary/aromatic N) is 2. The molecule has 0 saturated carbocycles. The monoisotopic (exact) mass is 375 g/mol. The summed E-state index contributed by atoms with van der Waals surface area (Å²) in [7, 11) is 0. The van der Waals surface area contributed by atoms with Crippen molar-refractivity contribution in [1.82, 2.24) is 15.1 Å². The van der Waals surface area contributed by atoms with Crippen LogP contribution in [0.3, 0.4) is 0 Å². The highest BCUT2D eigenvalue weighted by atomic mass is 19.3. The fourth-order valence-electron chi connectivity index (χ4n) is 2.69. The van der Waals surface area contributed by atoms with E-state index in [0.29, 0.717) is 19.2 Å². The van der Waals surface area contributed by atoms with E-state index in [1.54, 1.807) is 0 Å². The van der Waals surface area contributed by atoms with Crippen molar-refractivity contribution in [2.24, 2.45) is 0 Å². The van der Waals surface area contributed by atoms with Crippen molar-refractivity contribution in [3.8, 4) is 0 Å². The predicted molar refractivity (Wildman–Crippen MR) is 81.3 cm³/mol. The van der Waals surface area contributed by atoms with Gasteiger partial charge in [-0.3, -0.25) is 9.48 Å². The molecule has 1 amide bonds. The molecule has 10 heteroatoms. The molecule has 0 spiro atoms. The Morgan fingerprint density at radius 3 is 2.77 bits per heavy atom. The summed E-state index contributed by atoms with van der Waals surface area (Å²) in [5, 5.41) is 6.15. The topological polar surface area (TPSA) is 69.3 Å². The van der Waals surface area contributed by atoms with Gasteiger partial charge in [0, 0.05) is 13.2 Å². The Bertz CT molecular complexity index is 754. The van der Waals surface area contributed by atoms with Crippen LogP contribution in [-0.2, 0) is 11.3 Å². The minimum Gasteiger partial charge on any atom is -0.454 e. The van der Waals surface area contributed by atoms with Crippen LogP contribution < -0.4 is 5.32 Å². The zero-order valence-electron chi connectivity index (χ0n) is 13.6. The smallest absolute Gasteiger partial charge is 0.287 e. The average Bonchev–Trinajstić information content (AvgIpc) is 3.33. The first-order valence-electron chi connectivity index (χ1n) is 8.06. The molecule has 1 aliphatic rings. The third kappa shape index (κ3) is 4.24. The van der Waals surface area contributed by atoms with E-state index in [4.69, 9.17) is 9.15 Å². The molecule has 1 aliphatic heterocycles. The molecule has 0 aromatic carbocycles. The number of rotatable bonds is 7. The van der Waals surface area contributed by atoms with Gasteiger partial charge < -0.3 is 14.5 Å². The van der Waals surface area contributed by atoms with E-state index >= 15 is 0 Å². The summed E-state index contributed by atoms with van der Waals surface area (Å²) in [6, 6.07) is 3.47. The van der Waals surface area contributed by atoms with E-state index in [9.17, 15) is 22.4 Å². The molecule has 26 heavy (non-hydrogen) atoms. The van der Waals surface area contributed by atoms with Crippen molar-refractivity contribution in [3.05, 3.63) is 41.1 Å². The van der Waals surface area contributed by atoms with E-state index in [0.717, 1.165) is 17.5 Å². The van der Waals surface area contributed by atoms with Crippen LogP contribution in [0.5, 0.6) is 0 Å². The Morgan fingerprint density at radius 1 is 1.31 bits per heavy atom. The summed E-state index contributed by atoms with van der Waals surface area (Å²) in [6.07, 6.45) is -4.13. The van der Waals surface area contributed by atoms with E-state index in [1.807, 2.05) is 0 Å². The molecule has 1 unspecified atom stereocenters. The number of aromatic nitrogens is 2. The molecule has 0 bridgehead atoms. The van der Waals surface area contributed by atoms with Gasteiger partial charge in [-0.1, -0.05) is 0 Å². The van der Waals surface area contributed by atoms with Crippen molar-refractivity contribution in [1.29, 1.82) is 0 Å². The lowest BCUT2D eigenvalue weighted by molar-refractivity contribution is 0.0833. The Balaban J connectivity index is 1.65. The van der Waals surface area contributed by atoms with E-state index in [-0.39, 0.29) is 24.2 Å². The molecule has 1 saturated heterocycles. The number of nitrogens with one attached hydrogen (secondary N) is 1. The van der Waals surface area contributed by atoms with Gasteiger partial charge >= 0.3 is 0 Å². The lowest BCUT2D eigenvalue weighted by atomic mass is 10.2. The van der Waals surface area contributed by atoms with Gasteiger partial charge in [0.15, 0.2) is 5.76 Å². The summed E-state index contributed by atoms with van der Waals surface area (Å²) in [5.74, 6) is -0.314. The largest absolute Gasteiger partial charge is 0.454 e. The lowest BCUT2D eigenvalue weighted by Gasteiger charge is -2.09. The van der Waals surface area contributed by atoms with Gasteiger partial charge in [-0.05, 0) is 31.0 Å². The second-order valence-electron chi connectivity index (χ2n) is 5.86. The first-order chi connectivity index (χ1) is 12.4. The number of carbonyl (C=O) groups excluding carboxylic acids is 1. The van der Waals surface area contributed by atoms with Crippen LogP contribution in [0.4, 0.5) is 17.6 Å². The van der Waals surface area contributed by atoms with Crippen LogP contribution in [0.15, 0.2) is 22.6 Å². The summed E-state index contributed by atoms with van der Waals surface area (Å²) in [6.45, 7) is 0.731. The number of hydrogen-bond acceptors (Lipinski definition) is 4. The van der Waals surface area contributed by atoms with Crippen LogP contribution in [-0.4, -0.2) is 34.9 Å². The maximum atomic E-state index is 13.0. The van der Waals surface area contributed by atoms with Gasteiger partial charge in [-0.25, -0.2) is 17.6 Å². The predicted octanol–water partition coefficient (Wildman–Crippen LogP) is 3.31. The molecule has 2 aromatic rings. The maximum Gasteiger partial charge on any atom is 0.287 e. The van der Waals surface area contributed by atoms with Crippen molar-refractivity contribution in [2.45, 2.75) is 38.3 Å². The number of carbonyl (C=O) groups is 1. The van der Waals surface area contributed by atoms with Gasteiger partial charge in [-0.2, -0.15) is 5.10 Å². The SMILES string of the molecule is O=C(NCC1CCCO1)c1ccc(Cn2nc(C(F)F)cc2C(F)F)o1. The van der Waals surface area contributed by atoms with Crippen LogP contribution in [0.25, 0.3) is 0 Å². The van der Waals surface area contributed by atoms with E-state index < -0.39 is 30.1 Å². The first-order valence-corrected chi connectivity index (χ1v) is 8.06. The minimum atomic E-state index is -2.96. The van der Waals surface area contributed by atoms with Crippen molar-refractivity contribution in [3.63, 3.8) is 0 Å². The molecule has 1 atom stereocenters. The van der Waals surface area contributed by atoms with Gasteiger partial charge in [0.25, 0.3) is 18.8 Å². The third-order valence-electron chi connectivity index (χ3n) is 3.98. The molecule has 2 aromatic heterocycles. The number of amides is 1. The number of halogens is 4. The van der Waals surface area contributed by atoms with Crippen LogP contribution in [0.1, 0.15) is 53.4 Å². The molecule has 1 N–H and O–H groups in total. The zero-order chi connectivity index (χ0) is 18.7. The fraction of sp³-hybridized carbons (Fsp3) is 0.500. The highest BCUT2D eigenvalue weighted by Crippen LogP contribution is 2.26. The molecule has 6 nitrogen and oxygen atoms in total. The normalized spacial score (nSPS) is 17.4. The number of alkyl halides is 4. The molecule has 0 radical (unpaired) electrons. The van der Waals surface area contributed by atoms with E-state index in [2.05, 4.69) is 10.4 Å². The Kier molecular flexibility index (Phi) is 5.60. The van der Waals surface area contributed by atoms with Gasteiger partial charge in [0.2, 0.25) is 0 Å². The lowest BCUT2D eigenvalue weighted by Crippen LogP contribution is -2.31. The summed E-state index contributed by atoms with van der Waals surface area (Å²) in [5.41, 5.74) is -1.37. The second-order valence-corrected chi connectivity index (χ2v) is 5.86. The number of furan rings is 1. The zero-order valence-corrected chi connectivity index (χ0v) is 13.6. The highest BCUT2D eigenvalue weighted by Gasteiger charge is 2.22. The van der Waals surface area contributed by atoms with Crippen LogP contribution in [0.2, 0.25) is 0 Å².